The van der Waals surface area contributed by atoms with Crippen molar-refractivity contribution in [3.63, 3.8) is 0 Å². The van der Waals surface area contributed by atoms with Gasteiger partial charge in [-0.2, -0.15) is 0 Å². The monoisotopic (exact) mass is 434 g/mol. The summed E-state index contributed by atoms with van der Waals surface area (Å²) in [6.45, 7) is 4.06. The zero-order valence-electron chi connectivity index (χ0n) is 18.8. The number of hydrogen-bond donors (Lipinski definition) is 1. The summed E-state index contributed by atoms with van der Waals surface area (Å²) in [7, 11) is 3.17. The van der Waals surface area contributed by atoms with Crippen LogP contribution in [0.4, 0.5) is 0 Å². The number of piperidine rings is 1. The van der Waals surface area contributed by atoms with E-state index in [1.54, 1.807) is 13.4 Å². The molecular weight excluding hydrogens is 404 g/mol. The van der Waals surface area contributed by atoms with E-state index in [4.69, 9.17) is 0 Å². The molecule has 32 heavy (non-hydrogen) atoms. The van der Waals surface area contributed by atoms with E-state index in [2.05, 4.69) is 45.3 Å². The number of nitrogens with zero attached hydrogens (tertiary/aromatic N) is 5. The standard InChI is InChI=1S/C24H30N6O2/c1-27-22-21(23(31)28(2)24(27)32)30(16-26-22)12-6-5-11-29-13-9-17(10-14-29)19-15-25-20-8-4-3-7-18(19)20/h3-4,7-8,15-17,25H,5-6,9-14H2,1-2H3. The predicted octanol–water partition coefficient (Wildman–Crippen LogP) is 2.57. The van der Waals surface area contributed by atoms with Crippen molar-refractivity contribution in [2.24, 2.45) is 14.1 Å². The lowest BCUT2D eigenvalue weighted by Gasteiger charge is -2.32. The summed E-state index contributed by atoms with van der Waals surface area (Å²) in [5.74, 6) is 0.627. The summed E-state index contributed by atoms with van der Waals surface area (Å²) >= 11 is 0. The van der Waals surface area contributed by atoms with Crippen molar-refractivity contribution in [2.45, 2.75) is 38.1 Å². The molecule has 1 aromatic carbocycles. The highest BCUT2D eigenvalue weighted by Gasteiger charge is 2.22. The van der Waals surface area contributed by atoms with Crippen LogP contribution in [0.2, 0.25) is 0 Å². The van der Waals surface area contributed by atoms with Gasteiger partial charge >= 0.3 is 5.69 Å². The van der Waals surface area contributed by atoms with Crippen LogP contribution >= 0.6 is 0 Å². The average Bonchev–Trinajstić information content (AvgIpc) is 3.44. The Morgan fingerprint density at radius 1 is 1.03 bits per heavy atom. The van der Waals surface area contributed by atoms with Gasteiger partial charge < -0.3 is 14.5 Å². The number of aryl methyl sites for hydroxylation is 2. The van der Waals surface area contributed by atoms with E-state index in [0.29, 0.717) is 17.1 Å². The number of aromatic amines is 1. The Hall–Kier alpha value is -3.13. The molecule has 1 aliphatic rings. The molecule has 1 fully saturated rings. The number of unbranched alkanes of at least 4 members (excludes halogenated alkanes) is 1. The Morgan fingerprint density at radius 2 is 1.78 bits per heavy atom. The van der Waals surface area contributed by atoms with E-state index >= 15 is 0 Å². The van der Waals surface area contributed by atoms with Crippen LogP contribution in [0, 0.1) is 0 Å². The van der Waals surface area contributed by atoms with Crippen molar-refractivity contribution in [1.29, 1.82) is 0 Å². The molecule has 5 rings (SSSR count). The molecule has 0 spiro atoms. The largest absolute Gasteiger partial charge is 0.361 e. The quantitative estimate of drug-likeness (QED) is 0.473. The molecule has 4 aromatic rings. The molecule has 3 aromatic heterocycles. The van der Waals surface area contributed by atoms with Gasteiger partial charge in [0.2, 0.25) is 0 Å². The van der Waals surface area contributed by atoms with Gasteiger partial charge in [-0.05, 0) is 62.9 Å². The minimum absolute atomic E-state index is 0.278. The fourth-order valence-corrected chi connectivity index (χ4v) is 5.08. The lowest BCUT2D eigenvalue weighted by atomic mass is 9.89. The molecule has 0 atom stereocenters. The van der Waals surface area contributed by atoms with Crippen LogP contribution < -0.4 is 11.2 Å². The smallest absolute Gasteiger partial charge is 0.332 e. The van der Waals surface area contributed by atoms with Crippen molar-refractivity contribution in [1.82, 2.24) is 28.6 Å². The minimum atomic E-state index is -0.344. The molecule has 4 heterocycles. The maximum absolute atomic E-state index is 12.6. The normalized spacial score (nSPS) is 15.8. The predicted molar refractivity (Wildman–Crippen MR) is 126 cm³/mol. The van der Waals surface area contributed by atoms with Crippen LogP contribution in [0.25, 0.3) is 22.1 Å². The van der Waals surface area contributed by atoms with Gasteiger partial charge in [0.25, 0.3) is 5.56 Å². The van der Waals surface area contributed by atoms with Crippen molar-refractivity contribution >= 4 is 22.1 Å². The van der Waals surface area contributed by atoms with Gasteiger partial charge in [-0.3, -0.25) is 13.9 Å². The molecule has 168 valence electrons. The number of rotatable bonds is 6. The lowest BCUT2D eigenvalue weighted by molar-refractivity contribution is 0.208. The molecule has 1 aliphatic heterocycles. The molecule has 1 saturated heterocycles. The highest BCUT2D eigenvalue weighted by Crippen LogP contribution is 2.33. The maximum Gasteiger partial charge on any atom is 0.332 e. The summed E-state index contributed by atoms with van der Waals surface area (Å²) in [6, 6.07) is 8.57. The lowest BCUT2D eigenvalue weighted by Crippen LogP contribution is -2.37. The van der Waals surface area contributed by atoms with Crippen LogP contribution in [0.1, 0.15) is 37.2 Å². The van der Waals surface area contributed by atoms with Gasteiger partial charge in [-0.15, -0.1) is 0 Å². The molecule has 0 amide bonds. The number of H-pyrrole nitrogens is 1. The SMILES string of the molecule is Cn1c(=O)c2c(ncn2CCCCN2CCC(c3c[nH]c4ccccc34)CC2)n(C)c1=O. The molecule has 0 aliphatic carbocycles. The molecular formula is C24H30N6O2. The summed E-state index contributed by atoms with van der Waals surface area (Å²) in [5.41, 5.74) is 3.03. The first-order valence-corrected chi connectivity index (χ1v) is 11.4. The van der Waals surface area contributed by atoms with Crippen LogP contribution in [0.5, 0.6) is 0 Å². The molecule has 0 saturated carbocycles. The molecule has 1 N–H and O–H groups in total. The summed E-state index contributed by atoms with van der Waals surface area (Å²) in [6.07, 6.45) is 8.30. The van der Waals surface area contributed by atoms with Crippen LogP contribution in [0.15, 0.2) is 46.4 Å². The Balaban J connectivity index is 1.15. The Labute approximate surface area is 186 Å². The van der Waals surface area contributed by atoms with E-state index in [1.807, 2.05) is 4.57 Å². The van der Waals surface area contributed by atoms with Crippen LogP contribution in [0.3, 0.4) is 0 Å². The van der Waals surface area contributed by atoms with Gasteiger partial charge in [0.15, 0.2) is 11.2 Å². The van der Waals surface area contributed by atoms with E-state index in [9.17, 15) is 9.59 Å². The number of benzene rings is 1. The number of hydrogen-bond acceptors (Lipinski definition) is 4. The number of aromatic nitrogens is 5. The first kappa shape index (κ1) is 20.8. The molecule has 8 nitrogen and oxygen atoms in total. The van der Waals surface area contributed by atoms with Gasteiger partial charge in [0.1, 0.15) is 0 Å². The topological polar surface area (TPSA) is 80.8 Å². The first-order chi connectivity index (χ1) is 15.5. The zero-order valence-corrected chi connectivity index (χ0v) is 18.8. The molecule has 8 heteroatoms. The average molecular weight is 435 g/mol. The zero-order chi connectivity index (χ0) is 22.2. The maximum atomic E-state index is 12.6. The summed E-state index contributed by atoms with van der Waals surface area (Å²) < 4.78 is 4.48. The third kappa shape index (κ3) is 3.58. The van der Waals surface area contributed by atoms with E-state index < -0.39 is 0 Å². The van der Waals surface area contributed by atoms with E-state index in [0.717, 1.165) is 43.6 Å². The number of fused-ring (bicyclic) bond motifs is 2. The van der Waals surface area contributed by atoms with Gasteiger partial charge in [0, 0.05) is 37.7 Å². The second-order valence-corrected chi connectivity index (χ2v) is 8.93. The fourth-order valence-electron chi connectivity index (χ4n) is 5.08. The van der Waals surface area contributed by atoms with Crippen LogP contribution in [-0.2, 0) is 20.6 Å². The molecule has 0 unspecified atom stereocenters. The number of para-hydroxylation sites is 1. The highest BCUT2D eigenvalue weighted by atomic mass is 16.2. The van der Waals surface area contributed by atoms with Gasteiger partial charge in [-0.1, -0.05) is 18.2 Å². The van der Waals surface area contributed by atoms with Crippen molar-refractivity contribution < 1.29 is 0 Å². The molecule has 0 bridgehead atoms. The second-order valence-electron chi connectivity index (χ2n) is 8.93. The van der Waals surface area contributed by atoms with Crippen LogP contribution in [-0.4, -0.2) is 48.2 Å². The first-order valence-electron chi connectivity index (χ1n) is 11.4. The number of likely N-dealkylation sites (tertiary alicyclic amines) is 1. The van der Waals surface area contributed by atoms with Crippen molar-refractivity contribution in [3.05, 3.63) is 63.2 Å². The third-order valence-electron chi connectivity index (χ3n) is 6.99. The number of imidazole rings is 1. The molecule has 0 radical (unpaired) electrons. The minimum Gasteiger partial charge on any atom is -0.361 e. The van der Waals surface area contributed by atoms with Gasteiger partial charge in [0.05, 0.1) is 6.33 Å². The Bertz CT molecular complexity index is 1370. The Kier molecular flexibility index (Phi) is 5.46. The van der Waals surface area contributed by atoms with E-state index in [1.165, 1.54) is 40.9 Å². The number of nitrogens with one attached hydrogen (secondary N) is 1. The van der Waals surface area contributed by atoms with Crippen molar-refractivity contribution in [2.75, 3.05) is 19.6 Å². The second kappa shape index (κ2) is 8.43. The van der Waals surface area contributed by atoms with Crippen molar-refractivity contribution in [3.8, 4) is 0 Å². The summed E-state index contributed by atoms with van der Waals surface area (Å²) in [5, 5.41) is 1.36. The summed E-state index contributed by atoms with van der Waals surface area (Å²) in [4.78, 5) is 34.9. The fraction of sp³-hybridized carbons (Fsp3) is 0.458. The third-order valence-corrected chi connectivity index (χ3v) is 6.99. The Morgan fingerprint density at radius 3 is 2.59 bits per heavy atom. The highest BCUT2D eigenvalue weighted by molar-refractivity contribution is 5.83. The van der Waals surface area contributed by atoms with Gasteiger partial charge in [-0.25, -0.2) is 9.78 Å². The van der Waals surface area contributed by atoms with E-state index in [-0.39, 0.29) is 11.2 Å².